The molecular formula is C17H21N3O. The second-order valence-electron chi connectivity index (χ2n) is 5.70. The quantitative estimate of drug-likeness (QED) is 0.906. The van der Waals surface area contributed by atoms with Gasteiger partial charge in [0.15, 0.2) is 0 Å². The molecule has 1 fully saturated rings. The number of anilines is 1. The van der Waals surface area contributed by atoms with Crippen molar-refractivity contribution >= 4 is 22.5 Å². The molecule has 0 radical (unpaired) electrons. The summed E-state index contributed by atoms with van der Waals surface area (Å²) in [5.41, 5.74) is 1.23. The van der Waals surface area contributed by atoms with Crippen LogP contribution in [0.1, 0.15) is 32.6 Å². The number of aromatic nitrogens is 1. The first kappa shape index (κ1) is 14.0. The van der Waals surface area contributed by atoms with Crippen molar-refractivity contribution in [1.82, 2.24) is 10.3 Å². The van der Waals surface area contributed by atoms with Gasteiger partial charge in [0.05, 0.1) is 16.7 Å². The fourth-order valence-electron chi connectivity index (χ4n) is 3.20. The topological polar surface area (TPSA) is 54.0 Å². The summed E-state index contributed by atoms with van der Waals surface area (Å²) in [4.78, 5) is 17.2. The van der Waals surface area contributed by atoms with Gasteiger partial charge in [0, 0.05) is 11.6 Å². The molecule has 1 unspecified atom stereocenters. The first-order chi connectivity index (χ1) is 10.2. The molecule has 2 aromatic rings. The Bertz CT molecular complexity index is 642. The van der Waals surface area contributed by atoms with Crippen molar-refractivity contribution in [2.75, 3.05) is 11.9 Å². The molecule has 0 spiro atoms. The Morgan fingerprint density at radius 2 is 2.24 bits per heavy atom. The fourth-order valence-corrected chi connectivity index (χ4v) is 3.20. The minimum Gasteiger partial charge on any atom is -0.323 e. The summed E-state index contributed by atoms with van der Waals surface area (Å²) < 4.78 is 0. The minimum atomic E-state index is -0.411. The Hall–Kier alpha value is -1.94. The third kappa shape index (κ3) is 2.63. The van der Waals surface area contributed by atoms with Gasteiger partial charge in [-0.25, -0.2) is 0 Å². The van der Waals surface area contributed by atoms with Gasteiger partial charge in [0.25, 0.3) is 0 Å². The number of rotatable bonds is 4. The number of para-hydroxylation sites is 1. The van der Waals surface area contributed by atoms with Crippen LogP contribution in [0.3, 0.4) is 0 Å². The number of carbonyl (C=O) groups is 1. The van der Waals surface area contributed by atoms with Gasteiger partial charge in [-0.05, 0) is 37.9 Å². The average molecular weight is 283 g/mol. The van der Waals surface area contributed by atoms with Crippen LogP contribution in [0.2, 0.25) is 0 Å². The predicted molar refractivity (Wildman–Crippen MR) is 85.2 cm³/mol. The largest absolute Gasteiger partial charge is 0.323 e. The molecule has 4 heteroatoms. The molecule has 0 aliphatic carbocycles. The van der Waals surface area contributed by atoms with Gasteiger partial charge >= 0.3 is 0 Å². The monoisotopic (exact) mass is 283 g/mol. The second-order valence-corrected chi connectivity index (χ2v) is 5.70. The molecule has 1 amide bonds. The lowest BCUT2D eigenvalue weighted by molar-refractivity contribution is -0.122. The van der Waals surface area contributed by atoms with Crippen molar-refractivity contribution < 1.29 is 4.79 Å². The van der Waals surface area contributed by atoms with E-state index >= 15 is 0 Å². The summed E-state index contributed by atoms with van der Waals surface area (Å²) in [6.07, 6.45) is 5.59. The number of nitrogens with zero attached hydrogens (tertiary/aromatic N) is 1. The third-order valence-corrected chi connectivity index (χ3v) is 4.24. The smallest absolute Gasteiger partial charge is 0.244 e. The zero-order valence-corrected chi connectivity index (χ0v) is 12.4. The summed E-state index contributed by atoms with van der Waals surface area (Å²) in [6.45, 7) is 3.04. The van der Waals surface area contributed by atoms with E-state index < -0.39 is 5.54 Å². The number of fused-ring (bicyclic) bond motifs is 1. The van der Waals surface area contributed by atoms with E-state index in [9.17, 15) is 4.79 Å². The second kappa shape index (κ2) is 5.82. The Morgan fingerprint density at radius 3 is 3.00 bits per heavy atom. The number of pyridine rings is 1. The van der Waals surface area contributed by atoms with Crippen molar-refractivity contribution in [3.8, 4) is 0 Å². The van der Waals surface area contributed by atoms with Crippen molar-refractivity contribution in [2.45, 2.75) is 38.1 Å². The maximum atomic E-state index is 12.8. The maximum absolute atomic E-state index is 12.8. The van der Waals surface area contributed by atoms with E-state index in [2.05, 4.69) is 22.5 Å². The van der Waals surface area contributed by atoms with Gasteiger partial charge in [-0.2, -0.15) is 0 Å². The van der Waals surface area contributed by atoms with Crippen LogP contribution in [-0.2, 0) is 4.79 Å². The SMILES string of the molecule is CCCC1(C(=O)Nc2cccc3cccnc23)CCCN1. The van der Waals surface area contributed by atoms with Crippen LogP contribution in [0.5, 0.6) is 0 Å². The standard InChI is InChI=1S/C17H21N3O/c1-2-9-17(10-5-12-19-17)16(21)20-14-8-3-6-13-7-4-11-18-15(13)14/h3-4,6-8,11,19H,2,5,9-10,12H2,1H3,(H,20,21). The lowest BCUT2D eigenvalue weighted by Crippen LogP contribution is -2.50. The predicted octanol–water partition coefficient (Wildman–Crippen LogP) is 3.10. The molecule has 2 N–H and O–H groups in total. The van der Waals surface area contributed by atoms with Gasteiger partial charge in [0.1, 0.15) is 0 Å². The fraction of sp³-hybridized carbons (Fsp3) is 0.412. The first-order valence-corrected chi connectivity index (χ1v) is 7.65. The van der Waals surface area contributed by atoms with Crippen LogP contribution in [0, 0.1) is 0 Å². The summed E-state index contributed by atoms with van der Waals surface area (Å²) in [5, 5.41) is 7.54. The Labute approximate surface area is 125 Å². The summed E-state index contributed by atoms with van der Waals surface area (Å²) in [5.74, 6) is 0.0694. The molecule has 1 aromatic heterocycles. The van der Waals surface area contributed by atoms with Crippen LogP contribution in [0.4, 0.5) is 5.69 Å². The van der Waals surface area contributed by atoms with Crippen LogP contribution in [0.25, 0.3) is 10.9 Å². The first-order valence-electron chi connectivity index (χ1n) is 7.65. The number of hydrogen-bond acceptors (Lipinski definition) is 3. The molecule has 1 aliphatic heterocycles. The van der Waals surface area contributed by atoms with E-state index in [4.69, 9.17) is 0 Å². The highest BCUT2D eigenvalue weighted by molar-refractivity contribution is 6.04. The highest BCUT2D eigenvalue weighted by Gasteiger charge is 2.40. The van der Waals surface area contributed by atoms with E-state index in [0.717, 1.165) is 48.8 Å². The van der Waals surface area contributed by atoms with Gasteiger partial charge in [0.2, 0.25) is 5.91 Å². The minimum absolute atomic E-state index is 0.0694. The van der Waals surface area contributed by atoms with Crippen molar-refractivity contribution in [1.29, 1.82) is 0 Å². The van der Waals surface area contributed by atoms with Crippen molar-refractivity contribution in [3.63, 3.8) is 0 Å². The molecule has 2 heterocycles. The highest BCUT2D eigenvalue weighted by atomic mass is 16.2. The van der Waals surface area contributed by atoms with Crippen LogP contribution in [-0.4, -0.2) is 23.0 Å². The van der Waals surface area contributed by atoms with E-state index in [1.165, 1.54) is 0 Å². The normalized spacial score (nSPS) is 21.6. The molecule has 1 aliphatic rings. The number of carbonyl (C=O) groups excluding carboxylic acids is 1. The van der Waals surface area contributed by atoms with Gasteiger partial charge in [-0.15, -0.1) is 0 Å². The molecule has 1 saturated heterocycles. The molecule has 110 valence electrons. The summed E-state index contributed by atoms with van der Waals surface area (Å²) in [7, 11) is 0. The third-order valence-electron chi connectivity index (χ3n) is 4.24. The van der Waals surface area contributed by atoms with Gasteiger partial charge in [-0.3, -0.25) is 9.78 Å². The summed E-state index contributed by atoms with van der Waals surface area (Å²) >= 11 is 0. The molecule has 3 rings (SSSR count). The lowest BCUT2D eigenvalue weighted by atomic mass is 9.90. The van der Waals surface area contributed by atoms with E-state index in [-0.39, 0.29) is 5.91 Å². The molecule has 1 atom stereocenters. The lowest BCUT2D eigenvalue weighted by Gasteiger charge is -2.28. The molecule has 0 saturated carbocycles. The Morgan fingerprint density at radius 1 is 1.38 bits per heavy atom. The Kier molecular flexibility index (Phi) is 3.88. The molecule has 0 bridgehead atoms. The van der Waals surface area contributed by atoms with Crippen LogP contribution >= 0.6 is 0 Å². The number of nitrogens with one attached hydrogen (secondary N) is 2. The summed E-state index contributed by atoms with van der Waals surface area (Å²) in [6, 6.07) is 9.79. The highest BCUT2D eigenvalue weighted by Crippen LogP contribution is 2.28. The number of hydrogen-bond donors (Lipinski definition) is 2. The van der Waals surface area contributed by atoms with Crippen LogP contribution < -0.4 is 10.6 Å². The van der Waals surface area contributed by atoms with E-state index in [1.54, 1.807) is 6.20 Å². The van der Waals surface area contributed by atoms with Crippen molar-refractivity contribution in [3.05, 3.63) is 36.5 Å². The molecular weight excluding hydrogens is 262 g/mol. The molecule has 21 heavy (non-hydrogen) atoms. The molecule has 4 nitrogen and oxygen atoms in total. The number of benzene rings is 1. The zero-order chi connectivity index (χ0) is 14.7. The average Bonchev–Trinajstić information content (AvgIpc) is 2.98. The van der Waals surface area contributed by atoms with Gasteiger partial charge in [-0.1, -0.05) is 31.5 Å². The molecule has 1 aromatic carbocycles. The van der Waals surface area contributed by atoms with E-state index in [1.807, 2.05) is 30.3 Å². The van der Waals surface area contributed by atoms with Gasteiger partial charge < -0.3 is 10.6 Å². The van der Waals surface area contributed by atoms with E-state index in [0.29, 0.717) is 0 Å². The number of amides is 1. The Balaban J connectivity index is 1.89. The van der Waals surface area contributed by atoms with Crippen molar-refractivity contribution in [2.24, 2.45) is 0 Å². The maximum Gasteiger partial charge on any atom is 0.244 e. The zero-order valence-electron chi connectivity index (χ0n) is 12.4. The van der Waals surface area contributed by atoms with Crippen LogP contribution in [0.15, 0.2) is 36.5 Å².